The van der Waals surface area contributed by atoms with Gasteiger partial charge in [-0.2, -0.15) is 0 Å². The van der Waals surface area contributed by atoms with Crippen LogP contribution in [-0.4, -0.2) is 140 Å². The van der Waals surface area contributed by atoms with Crippen LogP contribution in [0.25, 0.3) is 0 Å². The molecule has 2 aliphatic heterocycles. The van der Waals surface area contributed by atoms with Crippen LogP contribution in [0.4, 0.5) is 0 Å². The van der Waals surface area contributed by atoms with E-state index in [0.717, 1.165) is 89.9 Å². The summed E-state index contributed by atoms with van der Waals surface area (Å²) < 4.78 is 22.8. The zero-order valence-corrected chi connectivity index (χ0v) is 42.5. The number of amides is 1. The van der Waals surface area contributed by atoms with Crippen molar-refractivity contribution in [1.29, 1.82) is 0 Å². The summed E-state index contributed by atoms with van der Waals surface area (Å²) in [5.41, 5.74) is 0. The van der Waals surface area contributed by atoms with E-state index in [2.05, 4.69) is 79.9 Å². The van der Waals surface area contributed by atoms with Crippen molar-refractivity contribution in [2.75, 3.05) is 19.8 Å². The highest BCUT2D eigenvalue weighted by Gasteiger charge is 2.51. The largest absolute Gasteiger partial charge is 0.394 e. The van der Waals surface area contributed by atoms with Crippen LogP contribution in [0.3, 0.4) is 0 Å². The van der Waals surface area contributed by atoms with Gasteiger partial charge in [0.1, 0.15) is 48.8 Å². The van der Waals surface area contributed by atoms with Crippen LogP contribution >= 0.6 is 0 Å². The molecule has 69 heavy (non-hydrogen) atoms. The summed E-state index contributed by atoms with van der Waals surface area (Å²) in [7, 11) is 0. The lowest BCUT2D eigenvalue weighted by Gasteiger charge is -2.46. The first kappa shape index (κ1) is 62.8. The number of ether oxygens (including phenoxy) is 4. The van der Waals surface area contributed by atoms with Gasteiger partial charge in [0, 0.05) is 6.42 Å². The Hall–Kier alpha value is -2.31. The number of unbranched alkanes of at least 4 members (excludes halogenated alkanes) is 18. The zero-order chi connectivity index (χ0) is 50.3. The molecule has 1 amide bonds. The third-order valence-corrected chi connectivity index (χ3v) is 13.0. The lowest BCUT2D eigenvalue weighted by molar-refractivity contribution is -0.359. The van der Waals surface area contributed by atoms with Crippen LogP contribution < -0.4 is 5.32 Å². The first-order valence-electron chi connectivity index (χ1n) is 27.0. The van der Waals surface area contributed by atoms with Gasteiger partial charge in [-0.05, 0) is 57.8 Å². The molecule has 12 unspecified atom stereocenters. The van der Waals surface area contributed by atoms with Gasteiger partial charge in [-0.25, -0.2) is 0 Å². The van der Waals surface area contributed by atoms with E-state index in [-0.39, 0.29) is 18.9 Å². The average molecular weight is 980 g/mol. The molecule has 0 bridgehead atoms. The fraction of sp³-hybridized carbons (Fsp3) is 0.800. The first-order chi connectivity index (χ1) is 33.6. The molecule has 0 aromatic rings. The molecular formula is C55H97NO13. The Kier molecular flexibility index (Phi) is 37.5. The fourth-order valence-electron chi connectivity index (χ4n) is 8.62. The van der Waals surface area contributed by atoms with Crippen molar-refractivity contribution >= 4 is 5.91 Å². The maximum atomic E-state index is 13.2. The van der Waals surface area contributed by atoms with E-state index < -0.39 is 86.8 Å². The molecule has 0 aromatic carbocycles. The topological polar surface area (TPSA) is 228 Å². The van der Waals surface area contributed by atoms with Crippen LogP contribution in [0.2, 0.25) is 0 Å². The molecular weight excluding hydrogens is 883 g/mol. The third kappa shape index (κ3) is 27.9. The van der Waals surface area contributed by atoms with E-state index in [1.807, 2.05) is 0 Å². The monoisotopic (exact) mass is 980 g/mol. The van der Waals surface area contributed by atoms with Crippen molar-refractivity contribution in [3.05, 3.63) is 60.8 Å². The van der Waals surface area contributed by atoms with Crippen LogP contribution in [-0.2, 0) is 23.7 Å². The number of rotatable bonds is 41. The van der Waals surface area contributed by atoms with E-state index in [1.165, 1.54) is 64.2 Å². The molecule has 2 rings (SSSR count). The highest BCUT2D eigenvalue weighted by atomic mass is 16.7. The normalized spacial score (nSPS) is 26.6. The molecule has 2 aliphatic rings. The summed E-state index contributed by atoms with van der Waals surface area (Å²) in [5.74, 6) is -0.228. The molecule has 0 spiro atoms. The number of carbonyl (C=O) groups excluding carboxylic acids is 1. The van der Waals surface area contributed by atoms with Crippen molar-refractivity contribution in [3.8, 4) is 0 Å². The second-order valence-corrected chi connectivity index (χ2v) is 19.0. The predicted molar refractivity (Wildman–Crippen MR) is 272 cm³/mol. The summed E-state index contributed by atoms with van der Waals surface area (Å²) in [6, 6.07) is -0.841. The summed E-state index contributed by atoms with van der Waals surface area (Å²) >= 11 is 0. The molecule has 0 saturated carbocycles. The quantitative estimate of drug-likeness (QED) is 0.0211. The Morgan fingerprint density at radius 3 is 1.54 bits per heavy atom. The maximum Gasteiger partial charge on any atom is 0.220 e. The van der Waals surface area contributed by atoms with Gasteiger partial charge in [0.05, 0.1) is 32.0 Å². The number of allylic oxidation sites excluding steroid dienone is 10. The fourth-order valence-corrected chi connectivity index (χ4v) is 8.62. The molecule has 12 atom stereocenters. The Bertz CT molecular complexity index is 1390. The lowest BCUT2D eigenvalue weighted by Crippen LogP contribution is -2.65. The van der Waals surface area contributed by atoms with E-state index >= 15 is 0 Å². The van der Waals surface area contributed by atoms with Crippen LogP contribution in [0.5, 0.6) is 0 Å². The number of aliphatic hydroxyl groups is 8. The predicted octanol–water partition coefficient (Wildman–Crippen LogP) is 7.83. The maximum absolute atomic E-state index is 13.2. The molecule has 0 radical (unpaired) electrons. The minimum atomic E-state index is -1.79. The Balaban J connectivity index is 1.81. The molecule has 14 heteroatoms. The SMILES string of the molecule is CC/C=C\C/C=C\C/C=C\C/C=C\C/C=C\CCCCCCCC(=O)NC(COC1OC(CO)C(OC2OC(CO)C(O)C(O)C2O)C(O)C1O)C(O)CCCCCCCCCCCCCCCC. The van der Waals surface area contributed by atoms with Crippen molar-refractivity contribution < 1.29 is 64.6 Å². The van der Waals surface area contributed by atoms with Crippen molar-refractivity contribution in [2.24, 2.45) is 0 Å². The van der Waals surface area contributed by atoms with Gasteiger partial charge < -0.3 is 65.1 Å². The summed E-state index contributed by atoms with van der Waals surface area (Å²) in [4.78, 5) is 13.2. The van der Waals surface area contributed by atoms with Gasteiger partial charge in [-0.3, -0.25) is 4.79 Å². The smallest absolute Gasteiger partial charge is 0.220 e. The molecule has 2 heterocycles. The van der Waals surface area contributed by atoms with Crippen LogP contribution in [0, 0.1) is 0 Å². The number of hydrogen-bond acceptors (Lipinski definition) is 13. The lowest BCUT2D eigenvalue weighted by atomic mass is 9.97. The molecule has 0 aromatic heterocycles. The van der Waals surface area contributed by atoms with Crippen molar-refractivity contribution in [3.63, 3.8) is 0 Å². The van der Waals surface area contributed by atoms with Gasteiger partial charge in [0.15, 0.2) is 12.6 Å². The Labute approximate surface area is 416 Å². The van der Waals surface area contributed by atoms with Gasteiger partial charge in [-0.15, -0.1) is 0 Å². The number of nitrogens with one attached hydrogen (secondary N) is 1. The Morgan fingerprint density at radius 1 is 0.536 bits per heavy atom. The van der Waals surface area contributed by atoms with E-state index in [9.17, 15) is 45.6 Å². The standard InChI is InChI=1S/C55H97NO13/c1-3-5-7-9-11-13-15-17-19-20-21-22-23-24-25-27-29-31-33-35-37-39-47(60)56-43(44(59)38-36-34-32-30-28-26-18-16-14-12-10-8-6-4-2)42-66-54-52(65)50(63)53(46(41-58)68-54)69-55-51(64)49(62)48(61)45(40-57)67-55/h5,7,11,13,17,19,21-22,24-25,43-46,48-55,57-59,61-65H,3-4,6,8-10,12,14-16,18,20,23,26-42H2,1-2H3,(H,56,60)/b7-5-,13-11-,19-17-,22-21-,25-24-. The number of carbonyl (C=O) groups is 1. The summed E-state index contributed by atoms with van der Waals surface area (Å²) in [6.45, 7) is 2.71. The van der Waals surface area contributed by atoms with Crippen molar-refractivity contribution in [2.45, 2.75) is 261 Å². The molecule has 14 nitrogen and oxygen atoms in total. The van der Waals surface area contributed by atoms with Gasteiger partial charge >= 0.3 is 0 Å². The molecule has 2 fully saturated rings. The van der Waals surface area contributed by atoms with Crippen molar-refractivity contribution in [1.82, 2.24) is 5.32 Å². The Morgan fingerprint density at radius 2 is 1.00 bits per heavy atom. The van der Waals surface area contributed by atoms with Crippen LogP contribution in [0.1, 0.15) is 187 Å². The highest BCUT2D eigenvalue weighted by Crippen LogP contribution is 2.30. The molecule has 0 aliphatic carbocycles. The number of aliphatic hydroxyl groups excluding tert-OH is 8. The van der Waals surface area contributed by atoms with E-state index in [1.54, 1.807) is 0 Å². The second-order valence-electron chi connectivity index (χ2n) is 19.0. The molecule has 400 valence electrons. The number of hydrogen-bond donors (Lipinski definition) is 9. The summed E-state index contributed by atoms with van der Waals surface area (Å²) in [5, 5.41) is 87.0. The van der Waals surface area contributed by atoms with E-state index in [0.29, 0.717) is 12.8 Å². The minimum Gasteiger partial charge on any atom is -0.394 e. The van der Waals surface area contributed by atoms with E-state index in [4.69, 9.17) is 18.9 Å². The molecule has 2 saturated heterocycles. The summed E-state index contributed by atoms with van der Waals surface area (Å²) in [6.07, 6.45) is 33.5. The second kappa shape index (κ2) is 41.2. The average Bonchev–Trinajstić information content (AvgIpc) is 3.35. The van der Waals surface area contributed by atoms with Gasteiger partial charge in [0.25, 0.3) is 0 Å². The zero-order valence-electron chi connectivity index (χ0n) is 42.5. The third-order valence-electron chi connectivity index (χ3n) is 13.0. The highest BCUT2D eigenvalue weighted by molar-refractivity contribution is 5.76. The minimum absolute atomic E-state index is 0.228. The first-order valence-corrected chi connectivity index (χ1v) is 27.0. The van der Waals surface area contributed by atoms with Gasteiger partial charge in [0.2, 0.25) is 5.91 Å². The van der Waals surface area contributed by atoms with Gasteiger partial charge in [-0.1, -0.05) is 184 Å². The molecule has 9 N–H and O–H groups in total. The van der Waals surface area contributed by atoms with Crippen LogP contribution in [0.15, 0.2) is 60.8 Å².